The van der Waals surface area contributed by atoms with E-state index in [0.29, 0.717) is 17.7 Å². The van der Waals surface area contributed by atoms with E-state index in [1.54, 1.807) is 24.3 Å². The van der Waals surface area contributed by atoms with Gasteiger partial charge < -0.3 is 10.1 Å². The molecule has 0 aromatic heterocycles. The second kappa shape index (κ2) is 10.2. The SMILES string of the molecule is CCC(=O)c1ccc(OCC(=O)NC2CCN(Cc3ccccc3C)CC2)cc1. The van der Waals surface area contributed by atoms with Crippen molar-refractivity contribution in [3.63, 3.8) is 0 Å². The van der Waals surface area contributed by atoms with Crippen LogP contribution in [-0.4, -0.2) is 42.3 Å². The van der Waals surface area contributed by atoms with Crippen LogP contribution in [0.1, 0.15) is 47.7 Å². The molecule has 0 spiro atoms. The fourth-order valence-electron chi connectivity index (χ4n) is 3.62. The molecule has 0 bridgehead atoms. The number of likely N-dealkylation sites (tertiary alicyclic amines) is 1. The summed E-state index contributed by atoms with van der Waals surface area (Å²) in [5, 5.41) is 3.08. The van der Waals surface area contributed by atoms with Gasteiger partial charge in [0.15, 0.2) is 12.4 Å². The molecule has 0 saturated carbocycles. The summed E-state index contributed by atoms with van der Waals surface area (Å²) in [6, 6.07) is 15.6. The molecule has 1 N–H and O–H groups in total. The van der Waals surface area contributed by atoms with Crippen molar-refractivity contribution in [1.29, 1.82) is 0 Å². The van der Waals surface area contributed by atoms with E-state index in [1.165, 1.54) is 11.1 Å². The third-order valence-electron chi connectivity index (χ3n) is 5.48. The number of rotatable bonds is 8. The van der Waals surface area contributed by atoms with Gasteiger partial charge in [0, 0.05) is 37.7 Å². The van der Waals surface area contributed by atoms with E-state index in [9.17, 15) is 9.59 Å². The van der Waals surface area contributed by atoms with Gasteiger partial charge in [0.2, 0.25) is 0 Å². The number of aryl methyl sites for hydroxylation is 1. The molecule has 1 fully saturated rings. The molecule has 5 nitrogen and oxygen atoms in total. The fourth-order valence-corrected chi connectivity index (χ4v) is 3.62. The second-order valence-electron chi connectivity index (χ2n) is 7.63. The van der Waals surface area contributed by atoms with Crippen molar-refractivity contribution in [2.45, 2.75) is 45.7 Å². The highest BCUT2D eigenvalue weighted by Gasteiger charge is 2.21. The lowest BCUT2D eigenvalue weighted by atomic mass is 10.0. The van der Waals surface area contributed by atoms with Crippen molar-refractivity contribution >= 4 is 11.7 Å². The van der Waals surface area contributed by atoms with Crippen LogP contribution in [-0.2, 0) is 11.3 Å². The average molecular weight is 395 g/mol. The molecule has 0 unspecified atom stereocenters. The molecule has 0 radical (unpaired) electrons. The van der Waals surface area contributed by atoms with Crippen LogP contribution in [0.25, 0.3) is 0 Å². The molecule has 1 aliphatic heterocycles. The molecule has 29 heavy (non-hydrogen) atoms. The minimum atomic E-state index is -0.101. The number of nitrogens with one attached hydrogen (secondary N) is 1. The molecule has 1 saturated heterocycles. The van der Waals surface area contributed by atoms with Gasteiger partial charge in [-0.2, -0.15) is 0 Å². The highest BCUT2D eigenvalue weighted by atomic mass is 16.5. The molecule has 5 heteroatoms. The number of ketones is 1. The first-order valence-electron chi connectivity index (χ1n) is 10.4. The summed E-state index contributed by atoms with van der Waals surface area (Å²) in [4.78, 5) is 26.3. The van der Waals surface area contributed by atoms with Crippen LogP contribution in [0.2, 0.25) is 0 Å². The van der Waals surface area contributed by atoms with E-state index in [0.717, 1.165) is 32.5 Å². The van der Waals surface area contributed by atoms with Crippen molar-refractivity contribution < 1.29 is 14.3 Å². The van der Waals surface area contributed by atoms with E-state index < -0.39 is 0 Å². The zero-order valence-electron chi connectivity index (χ0n) is 17.3. The number of benzene rings is 2. The Morgan fingerprint density at radius 3 is 2.41 bits per heavy atom. The highest BCUT2D eigenvalue weighted by Crippen LogP contribution is 2.17. The van der Waals surface area contributed by atoms with Crippen molar-refractivity contribution in [3.05, 3.63) is 65.2 Å². The number of hydrogen-bond acceptors (Lipinski definition) is 4. The van der Waals surface area contributed by atoms with Crippen molar-refractivity contribution in [3.8, 4) is 5.75 Å². The summed E-state index contributed by atoms with van der Waals surface area (Å²) in [5.41, 5.74) is 3.36. The lowest BCUT2D eigenvalue weighted by Crippen LogP contribution is -2.45. The number of Topliss-reactive ketones (excluding diaryl/α,β-unsaturated/α-hetero) is 1. The third-order valence-corrected chi connectivity index (χ3v) is 5.48. The van der Waals surface area contributed by atoms with Gasteiger partial charge in [-0.1, -0.05) is 31.2 Å². The molecule has 3 rings (SSSR count). The minimum Gasteiger partial charge on any atom is -0.484 e. The Labute approximate surface area is 173 Å². The largest absolute Gasteiger partial charge is 0.484 e. The highest BCUT2D eigenvalue weighted by molar-refractivity contribution is 5.95. The summed E-state index contributed by atoms with van der Waals surface area (Å²) < 4.78 is 5.56. The zero-order chi connectivity index (χ0) is 20.6. The summed E-state index contributed by atoms with van der Waals surface area (Å²) in [7, 11) is 0. The van der Waals surface area contributed by atoms with Gasteiger partial charge >= 0.3 is 0 Å². The van der Waals surface area contributed by atoms with E-state index >= 15 is 0 Å². The maximum atomic E-state index is 12.2. The number of carbonyl (C=O) groups excluding carboxylic acids is 2. The van der Waals surface area contributed by atoms with Gasteiger partial charge in [0.1, 0.15) is 5.75 Å². The summed E-state index contributed by atoms with van der Waals surface area (Å²) in [6.07, 6.45) is 2.38. The van der Waals surface area contributed by atoms with Gasteiger partial charge in [-0.05, 0) is 55.2 Å². The van der Waals surface area contributed by atoms with Gasteiger partial charge in [0.05, 0.1) is 0 Å². The van der Waals surface area contributed by atoms with Crippen molar-refractivity contribution in [2.24, 2.45) is 0 Å². The van der Waals surface area contributed by atoms with Crippen molar-refractivity contribution in [2.75, 3.05) is 19.7 Å². The number of piperidine rings is 1. The lowest BCUT2D eigenvalue weighted by Gasteiger charge is -2.32. The average Bonchev–Trinajstić information content (AvgIpc) is 2.75. The second-order valence-corrected chi connectivity index (χ2v) is 7.63. The Bertz CT molecular complexity index is 824. The first kappa shape index (κ1) is 21.1. The van der Waals surface area contributed by atoms with Gasteiger partial charge in [-0.15, -0.1) is 0 Å². The summed E-state index contributed by atoms with van der Waals surface area (Å²) >= 11 is 0. The quantitative estimate of drug-likeness (QED) is 0.693. The Hall–Kier alpha value is -2.66. The third kappa shape index (κ3) is 6.16. The molecule has 0 aliphatic carbocycles. The first-order chi connectivity index (χ1) is 14.0. The first-order valence-corrected chi connectivity index (χ1v) is 10.4. The van der Waals surface area contributed by atoms with Crippen LogP contribution >= 0.6 is 0 Å². The molecular weight excluding hydrogens is 364 g/mol. The standard InChI is InChI=1S/C24H30N2O3/c1-3-23(27)19-8-10-22(11-9-19)29-17-24(28)25-21-12-14-26(15-13-21)16-20-7-5-4-6-18(20)2/h4-11,21H,3,12-17H2,1-2H3,(H,25,28). The Balaban J connectivity index is 1.38. The number of carbonyl (C=O) groups is 2. The van der Waals surface area contributed by atoms with Crippen LogP contribution in [0.5, 0.6) is 5.75 Å². The van der Waals surface area contributed by atoms with E-state index in [1.807, 2.05) is 6.92 Å². The Kier molecular flexibility index (Phi) is 7.42. The fraction of sp³-hybridized carbons (Fsp3) is 0.417. The van der Waals surface area contributed by atoms with Crippen LogP contribution in [0.4, 0.5) is 0 Å². The van der Waals surface area contributed by atoms with E-state index in [-0.39, 0.29) is 24.3 Å². The van der Waals surface area contributed by atoms with Crippen LogP contribution in [0.15, 0.2) is 48.5 Å². The normalized spacial score (nSPS) is 15.1. The number of amides is 1. The topological polar surface area (TPSA) is 58.6 Å². The lowest BCUT2D eigenvalue weighted by molar-refractivity contribution is -0.124. The summed E-state index contributed by atoms with van der Waals surface area (Å²) in [6.45, 7) is 6.90. The van der Waals surface area contributed by atoms with Gasteiger partial charge in [-0.3, -0.25) is 14.5 Å². The Morgan fingerprint density at radius 2 is 1.76 bits per heavy atom. The molecule has 1 amide bonds. The maximum absolute atomic E-state index is 12.2. The molecule has 0 atom stereocenters. The smallest absolute Gasteiger partial charge is 0.258 e. The van der Waals surface area contributed by atoms with Crippen LogP contribution in [0.3, 0.4) is 0 Å². The Morgan fingerprint density at radius 1 is 1.07 bits per heavy atom. The zero-order valence-corrected chi connectivity index (χ0v) is 17.3. The number of nitrogens with zero attached hydrogens (tertiary/aromatic N) is 1. The maximum Gasteiger partial charge on any atom is 0.258 e. The number of ether oxygens (including phenoxy) is 1. The summed E-state index contributed by atoms with van der Waals surface area (Å²) in [5.74, 6) is 0.597. The van der Waals surface area contributed by atoms with Crippen LogP contribution in [0, 0.1) is 6.92 Å². The van der Waals surface area contributed by atoms with Gasteiger partial charge in [-0.25, -0.2) is 0 Å². The molecular formula is C24H30N2O3. The molecule has 1 aliphatic rings. The predicted molar refractivity (Wildman–Crippen MR) is 114 cm³/mol. The predicted octanol–water partition coefficient (Wildman–Crippen LogP) is 3.75. The monoisotopic (exact) mass is 394 g/mol. The molecule has 2 aromatic rings. The molecule has 2 aromatic carbocycles. The van der Waals surface area contributed by atoms with E-state index in [4.69, 9.17) is 4.74 Å². The van der Waals surface area contributed by atoms with Gasteiger partial charge in [0.25, 0.3) is 5.91 Å². The van der Waals surface area contributed by atoms with Crippen molar-refractivity contribution in [1.82, 2.24) is 10.2 Å². The number of hydrogen-bond donors (Lipinski definition) is 1. The minimum absolute atomic E-state index is 0.00943. The van der Waals surface area contributed by atoms with E-state index in [2.05, 4.69) is 41.4 Å². The molecule has 154 valence electrons. The molecule has 1 heterocycles. The van der Waals surface area contributed by atoms with Crippen LogP contribution < -0.4 is 10.1 Å².